The van der Waals surface area contributed by atoms with Crippen LogP contribution in [0.25, 0.3) is 82.1 Å². The molecule has 2 aromatic heterocycles. The van der Waals surface area contributed by atoms with Gasteiger partial charge in [0.2, 0.25) is 0 Å². The Morgan fingerprint density at radius 1 is 0.388 bits per heavy atom. The van der Waals surface area contributed by atoms with Crippen molar-refractivity contribution < 1.29 is 4.42 Å². The van der Waals surface area contributed by atoms with Crippen LogP contribution in [0.1, 0.15) is 22.3 Å². The van der Waals surface area contributed by atoms with Gasteiger partial charge in [-0.25, -0.2) is 0 Å². The molecule has 1 spiro atoms. The first-order chi connectivity index (χ1) is 33.2. The third-order valence-corrected chi connectivity index (χ3v) is 15.8. The van der Waals surface area contributed by atoms with Gasteiger partial charge in [0.1, 0.15) is 11.2 Å². The summed E-state index contributed by atoms with van der Waals surface area (Å²) in [6.07, 6.45) is 0. The summed E-state index contributed by atoms with van der Waals surface area (Å²) in [5.41, 5.74) is 15.8. The molecule has 0 bridgehead atoms. The molecular weight excluding hydrogens is 833 g/mol. The average molecular weight is 871 g/mol. The summed E-state index contributed by atoms with van der Waals surface area (Å²) in [7, 11) is 0. The summed E-state index contributed by atoms with van der Waals surface area (Å²) < 4.78 is 8.91. The molecule has 3 heterocycles. The predicted molar refractivity (Wildman–Crippen MR) is 279 cm³/mol. The third-order valence-electron chi connectivity index (χ3n) is 14.6. The van der Waals surface area contributed by atoms with Gasteiger partial charge in [0.15, 0.2) is 0 Å². The quantitative estimate of drug-likeness (QED) is 0.176. The first-order valence-electron chi connectivity index (χ1n) is 23.0. The molecule has 0 saturated carbocycles. The van der Waals surface area contributed by atoms with E-state index >= 15 is 0 Å². The van der Waals surface area contributed by atoms with E-state index in [-0.39, 0.29) is 0 Å². The van der Waals surface area contributed by atoms with Crippen molar-refractivity contribution in [2.45, 2.75) is 15.2 Å². The fraction of sp³-hybridized carbons (Fsp3) is 0.0159. The van der Waals surface area contributed by atoms with Gasteiger partial charge in [0.05, 0.1) is 27.8 Å². The maximum Gasteiger partial charge on any atom is 0.135 e. The first kappa shape index (κ1) is 37.0. The molecule has 11 aromatic carbocycles. The minimum atomic E-state index is -0.530. The lowest BCUT2D eigenvalue weighted by molar-refractivity contribution is 0.669. The van der Waals surface area contributed by atoms with Crippen LogP contribution in [0.2, 0.25) is 0 Å². The minimum Gasteiger partial charge on any atom is -0.456 e. The molecule has 0 amide bonds. The molecule has 2 aliphatic rings. The van der Waals surface area contributed by atoms with Gasteiger partial charge in [-0.15, -0.1) is 0 Å². The molecular formula is C63H38N2OS. The highest BCUT2D eigenvalue weighted by Gasteiger charge is 2.48. The summed E-state index contributed by atoms with van der Waals surface area (Å²) in [6, 6.07) is 85.4. The smallest absolute Gasteiger partial charge is 0.135 e. The van der Waals surface area contributed by atoms with Crippen molar-refractivity contribution >= 4 is 94.1 Å². The normalized spacial score (nSPS) is 13.4. The van der Waals surface area contributed by atoms with Gasteiger partial charge in [-0.1, -0.05) is 176 Å². The number of hydrogen-bond donors (Lipinski definition) is 0. The molecule has 0 atom stereocenters. The van der Waals surface area contributed by atoms with Crippen molar-refractivity contribution in [2.75, 3.05) is 4.90 Å². The topological polar surface area (TPSA) is 21.3 Å². The number of furan rings is 1. The number of aromatic nitrogens is 1. The van der Waals surface area contributed by atoms with E-state index in [4.69, 9.17) is 4.42 Å². The number of fused-ring (bicyclic) bond motifs is 15. The second kappa shape index (κ2) is 13.9. The lowest BCUT2D eigenvalue weighted by atomic mass is 9.59. The Balaban J connectivity index is 1.05. The molecule has 0 radical (unpaired) electrons. The van der Waals surface area contributed by atoms with Crippen LogP contribution in [0.4, 0.5) is 17.1 Å². The molecule has 67 heavy (non-hydrogen) atoms. The van der Waals surface area contributed by atoms with Crippen LogP contribution < -0.4 is 4.90 Å². The van der Waals surface area contributed by atoms with Gasteiger partial charge in [0, 0.05) is 53.5 Å². The number of anilines is 3. The second-order valence-corrected chi connectivity index (χ2v) is 19.0. The van der Waals surface area contributed by atoms with E-state index in [1.807, 2.05) is 17.8 Å². The molecule has 0 N–H and O–H groups in total. The highest BCUT2D eigenvalue weighted by Crippen LogP contribution is 2.62. The Kier molecular flexibility index (Phi) is 7.64. The monoisotopic (exact) mass is 870 g/mol. The highest BCUT2D eigenvalue weighted by atomic mass is 32.2. The van der Waals surface area contributed by atoms with Crippen LogP contribution in [0.15, 0.2) is 245 Å². The van der Waals surface area contributed by atoms with E-state index in [0.717, 1.165) is 50.2 Å². The van der Waals surface area contributed by atoms with Gasteiger partial charge in [-0.3, -0.25) is 0 Å². The SMILES string of the molecule is c1ccc2c(c1)Sc1ccccc1C21c2ccccc2-c2ccc(N(c3ccc4oc5ccccc5c4c3)c3ccc4c5ccccc5n(-c5cccc6ccccc56)c4c3)c3cccc1c23. The van der Waals surface area contributed by atoms with Gasteiger partial charge >= 0.3 is 0 Å². The van der Waals surface area contributed by atoms with Crippen LogP contribution >= 0.6 is 11.8 Å². The van der Waals surface area contributed by atoms with Crippen molar-refractivity contribution in [2.24, 2.45) is 0 Å². The summed E-state index contributed by atoms with van der Waals surface area (Å²) in [6.45, 7) is 0. The van der Waals surface area contributed by atoms with Crippen LogP contribution in [-0.2, 0) is 5.41 Å². The molecule has 0 unspecified atom stereocenters. The zero-order chi connectivity index (χ0) is 43.8. The summed E-state index contributed by atoms with van der Waals surface area (Å²) in [4.78, 5) is 5.08. The van der Waals surface area contributed by atoms with Crippen molar-refractivity contribution in [1.82, 2.24) is 4.57 Å². The number of rotatable bonds is 4. The molecule has 1 aliphatic carbocycles. The van der Waals surface area contributed by atoms with E-state index in [0.29, 0.717) is 0 Å². The zero-order valence-corrected chi connectivity index (χ0v) is 37.0. The fourth-order valence-corrected chi connectivity index (χ4v) is 13.1. The summed E-state index contributed by atoms with van der Waals surface area (Å²) in [5.74, 6) is 0. The first-order valence-corrected chi connectivity index (χ1v) is 23.8. The Labute approximate surface area is 390 Å². The Bertz CT molecular complexity index is 4180. The summed E-state index contributed by atoms with van der Waals surface area (Å²) >= 11 is 1.88. The Morgan fingerprint density at radius 2 is 1.00 bits per heavy atom. The Hall–Kier alpha value is -8.31. The molecule has 0 fully saturated rings. The maximum atomic E-state index is 6.44. The number of nitrogens with zero attached hydrogens (tertiary/aromatic N) is 2. The number of para-hydroxylation sites is 2. The highest BCUT2D eigenvalue weighted by molar-refractivity contribution is 7.99. The van der Waals surface area contributed by atoms with E-state index in [9.17, 15) is 0 Å². The number of benzene rings is 11. The zero-order valence-electron chi connectivity index (χ0n) is 36.2. The average Bonchev–Trinajstić information content (AvgIpc) is 3.93. The van der Waals surface area contributed by atoms with Crippen LogP contribution in [0.5, 0.6) is 0 Å². The number of hydrogen-bond acceptors (Lipinski definition) is 3. The summed E-state index contributed by atoms with van der Waals surface area (Å²) in [5, 5.41) is 9.55. The van der Waals surface area contributed by atoms with Crippen molar-refractivity contribution in [3.05, 3.63) is 253 Å². The van der Waals surface area contributed by atoms with Gasteiger partial charge < -0.3 is 13.9 Å². The van der Waals surface area contributed by atoms with Gasteiger partial charge in [-0.2, -0.15) is 0 Å². The largest absolute Gasteiger partial charge is 0.456 e. The minimum absolute atomic E-state index is 0.530. The molecule has 4 heteroatoms. The molecule has 1 aliphatic heterocycles. The van der Waals surface area contributed by atoms with E-state index in [1.54, 1.807) is 0 Å². The lowest BCUT2D eigenvalue weighted by Crippen LogP contribution is -2.36. The Morgan fingerprint density at radius 3 is 1.87 bits per heavy atom. The fourth-order valence-electron chi connectivity index (χ4n) is 11.9. The molecule has 15 rings (SSSR count). The molecule has 0 saturated heterocycles. The van der Waals surface area contributed by atoms with E-state index in [1.165, 1.54) is 81.0 Å². The molecule has 312 valence electrons. The van der Waals surface area contributed by atoms with Crippen LogP contribution in [-0.4, -0.2) is 4.57 Å². The van der Waals surface area contributed by atoms with Crippen molar-refractivity contribution in [3.8, 4) is 16.8 Å². The standard InChI is InChI=1S/C63H38N2OS/c1-2-17-42-39(15-1)16-13-27-54(42)65-55-26-9-4-19-44(55)45-33-31-41(38-57(45)65)64(40-32-36-59-49(37-40)46-20-5-10-28-58(46)66-59)56-35-34-47-43-18-3-6-22-50(43)63(53-25-14-21-48(56)62(47)53)51-23-7-11-29-60(51)67-61-30-12-8-24-52(61)63/h1-38H. The predicted octanol–water partition coefficient (Wildman–Crippen LogP) is 17.3. The van der Waals surface area contributed by atoms with E-state index < -0.39 is 5.41 Å². The molecule has 13 aromatic rings. The van der Waals surface area contributed by atoms with Crippen molar-refractivity contribution in [1.29, 1.82) is 0 Å². The van der Waals surface area contributed by atoms with Crippen molar-refractivity contribution in [3.63, 3.8) is 0 Å². The van der Waals surface area contributed by atoms with Crippen LogP contribution in [0.3, 0.4) is 0 Å². The van der Waals surface area contributed by atoms with E-state index in [2.05, 4.69) is 234 Å². The second-order valence-electron chi connectivity index (χ2n) is 17.9. The van der Waals surface area contributed by atoms with Gasteiger partial charge in [-0.05, 0) is 111 Å². The molecule has 3 nitrogen and oxygen atoms in total. The van der Waals surface area contributed by atoms with Crippen LogP contribution in [0, 0.1) is 0 Å². The maximum absolute atomic E-state index is 6.44. The van der Waals surface area contributed by atoms with Gasteiger partial charge in [0.25, 0.3) is 0 Å². The third kappa shape index (κ3) is 5.03. The lowest BCUT2D eigenvalue weighted by Gasteiger charge is -2.46.